The Morgan fingerprint density at radius 1 is 1.13 bits per heavy atom. The van der Waals surface area contributed by atoms with Crippen molar-refractivity contribution in [2.45, 2.75) is 42.8 Å². The first-order chi connectivity index (χ1) is 11.3. The van der Waals surface area contributed by atoms with Crippen LogP contribution < -0.4 is 5.56 Å². The maximum atomic E-state index is 12.4. The molecule has 0 saturated heterocycles. The second-order valence-corrected chi connectivity index (χ2v) is 6.44. The predicted molar refractivity (Wildman–Crippen MR) is 85.0 cm³/mol. The summed E-state index contributed by atoms with van der Waals surface area (Å²) >= 11 is 1.40. The molecule has 0 aliphatic heterocycles. The smallest absolute Gasteiger partial charge is 0.267 e. The highest BCUT2D eigenvalue weighted by molar-refractivity contribution is 7.98. The fourth-order valence-corrected chi connectivity index (χ4v) is 3.70. The van der Waals surface area contributed by atoms with Crippen molar-refractivity contribution in [2.24, 2.45) is 0 Å². The van der Waals surface area contributed by atoms with Gasteiger partial charge in [0.1, 0.15) is 5.52 Å². The van der Waals surface area contributed by atoms with Gasteiger partial charge in [-0.15, -0.1) is 10.2 Å². The molecular weight excluding hydrogens is 314 g/mol. The minimum absolute atomic E-state index is 0.150. The summed E-state index contributed by atoms with van der Waals surface area (Å²) in [6.45, 7) is 0. The molecule has 4 rings (SSSR count). The normalized spacial score (nSPS) is 15.5. The lowest BCUT2D eigenvalue weighted by atomic mass is 10.2. The van der Waals surface area contributed by atoms with E-state index in [1.165, 1.54) is 29.3 Å². The molecule has 0 amide bonds. The van der Waals surface area contributed by atoms with Crippen LogP contribution in [0.15, 0.2) is 34.2 Å². The van der Waals surface area contributed by atoms with Gasteiger partial charge >= 0.3 is 0 Å². The van der Waals surface area contributed by atoms with Crippen LogP contribution >= 0.6 is 11.8 Å². The summed E-state index contributed by atoms with van der Waals surface area (Å²) in [5, 5.41) is 21.3. The Morgan fingerprint density at radius 3 is 2.83 bits per heavy atom. The molecule has 2 aromatic heterocycles. The fraction of sp³-hybridized carbons (Fsp3) is 0.429. The zero-order chi connectivity index (χ0) is 15.6. The SMILES string of the molecule is O=c1c2ccccc2nnn1CSc1nnnn1C1CCCC1. The van der Waals surface area contributed by atoms with Gasteiger partial charge in [-0.25, -0.2) is 4.68 Å². The summed E-state index contributed by atoms with van der Waals surface area (Å²) < 4.78 is 3.22. The minimum Gasteiger partial charge on any atom is -0.267 e. The Morgan fingerprint density at radius 2 is 1.96 bits per heavy atom. The lowest BCUT2D eigenvalue weighted by Gasteiger charge is -2.10. The standard InChI is InChI=1S/C14H15N7OS/c22-13-11-7-3-4-8-12(11)15-18-20(13)9-23-14-16-17-19-21(14)10-5-1-2-6-10/h3-4,7-8,10H,1-2,5-6,9H2. The van der Waals surface area contributed by atoms with Crippen molar-refractivity contribution in [3.8, 4) is 0 Å². The van der Waals surface area contributed by atoms with Crippen molar-refractivity contribution in [3.05, 3.63) is 34.6 Å². The second kappa shape index (κ2) is 6.07. The van der Waals surface area contributed by atoms with Gasteiger partial charge in [-0.3, -0.25) is 4.79 Å². The lowest BCUT2D eigenvalue weighted by Crippen LogP contribution is -2.23. The molecule has 1 aliphatic carbocycles. The van der Waals surface area contributed by atoms with E-state index in [1.807, 2.05) is 16.8 Å². The molecule has 2 heterocycles. The van der Waals surface area contributed by atoms with Crippen LogP contribution in [0.5, 0.6) is 0 Å². The van der Waals surface area contributed by atoms with E-state index in [0.29, 0.717) is 22.8 Å². The number of hydrogen-bond donors (Lipinski definition) is 0. The average Bonchev–Trinajstić information content (AvgIpc) is 3.25. The molecule has 118 valence electrons. The van der Waals surface area contributed by atoms with Crippen molar-refractivity contribution in [1.29, 1.82) is 0 Å². The highest BCUT2D eigenvalue weighted by atomic mass is 32.2. The number of tetrazole rings is 1. The number of nitrogens with zero attached hydrogens (tertiary/aromatic N) is 7. The molecule has 1 aliphatic rings. The van der Waals surface area contributed by atoms with Gasteiger partial charge < -0.3 is 0 Å². The molecule has 0 radical (unpaired) electrons. The van der Waals surface area contributed by atoms with Crippen LogP contribution in [0, 0.1) is 0 Å². The Balaban J connectivity index is 1.57. The van der Waals surface area contributed by atoms with Gasteiger partial charge in [0.2, 0.25) is 5.16 Å². The largest absolute Gasteiger partial charge is 0.278 e. The van der Waals surface area contributed by atoms with E-state index < -0.39 is 0 Å². The van der Waals surface area contributed by atoms with E-state index >= 15 is 0 Å². The van der Waals surface area contributed by atoms with Crippen molar-refractivity contribution in [2.75, 3.05) is 0 Å². The van der Waals surface area contributed by atoms with Crippen LogP contribution in [0.1, 0.15) is 31.7 Å². The monoisotopic (exact) mass is 329 g/mol. The molecule has 3 aromatic rings. The molecule has 0 N–H and O–H groups in total. The van der Waals surface area contributed by atoms with Crippen LogP contribution in [-0.4, -0.2) is 35.2 Å². The van der Waals surface area contributed by atoms with E-state index in [1.54, 1.807) is 12.1 Å². The number of benzene rings is 1. The minimum atomic E-state index is -0.150. The van der Waals surface area contributed by atoms with E-state index in [2.05, 4.69) is 25.8 Å². The summed E-state index contributed by atoms with van der Waals surface area (Å²) in [5.74, 6) is 0.337. The topological polar surface area (TPSA) is 91.4 Å². The van der Waals surface area contributed by atoms with E-state index in [9.17, 15) is 4.79 Å². The Kier molecular flexibility index (Phi) is 3.78. The third kappa shape index (κ3) is 2.72. The van der Waals surface area contributed by atoms with Gasteiger partial charge in [0.15, 0.2) is 0 Å². The molecule has 0 unspecified atom stereocenters. The van der Waals surface area contributed by atoms with E-state index in [4.69, 9.17) is 0 Å². The fourth-order valence-electron chi connectivity index (χ4n) is 2.89. The first-order valence-corrected chi connectivity index (χ1v) is 8.55. The lowest BCUT2D eigenvalue weighted by molar-refractivity contribution is 0.422. The molecule has 1 fully saturated rings. The summed E-state index contributed by atoms with van der Waals surface area (Å²) in [6, 6.07) is 7.57. The summed E-state index contributed by atoms with van der Waals surface area (Å²) in [7, 11) is 0. The molecule has 1 aromatic carbocycles. The Bertz CT molecular complexity index is 884. The molecule has 0 bridgehead atoms. The van der Waals surface area contributed by atoms with Gasteiger partial charge in [0.25, 0.3) is 5.56 Å². The highest BCUT2D eigenvalue weighted by Gasteiger charge is 2.21. The van der Waals surface area contributed by atoms with Crippen molar-refractivity contribution >= 4 is 22.7 Å². The maximum absolute atomic E-state index is 12.4. The number of fused-ring (bicyclic) bond motifs is 1. The van der Waals surface area contributed by atoms with Crippen LogP contribution in [0.3, 0.4) is 0 Å². The van der Waals surface area contributed by atoms with Gasteiger partial charge in [-0.1, -0.05) is 41.9 Å². The Hall–Kier alpha value is -2.29. The van der Waals surface area contributed by atoms with Crippen molar-refractivity contribution < 1.29 is 0 Å². The molecular formula is C14H15N7OS. The third-order valence-electron chi connectivity index (χ3n) is 4.08. The van der Waals surface area contributed by atoms with Gasteiger partial charge in [0, 0.05) is 0 Å². The first kappa shape index (κ1) is 14.3. The number of aromatic nitrogens is 7. The Labute approximate surface area is 135 Å². The molecule has 1 saturated carbocycles. The van der Waals surface area contributed by atoms with Crippen LogP contribution in [0.4, 0.5) is 0 Å². The molecule has 8 nitrogen and oxygen atoms in total. The van der Waals surface area contributed by atoms with Crippen LogP contribution in [-0.2, 0) is 5.88 Å². The number of thioether (sulfide) groups is 1. The highest BCUT2D eigenvalue weighted by Crippen LogP contribution is 2.31. The average molecular weight is 329 g/mol. The molecule has 9 heteroatoms. The number of hydrogen-bond acceptors (Lipinski definition) is 7. The second-order valence-electron chi connectivity index (χ2n) is 5.53. The maximum Gasteiger partial charge on any atom is 0.278 e. The van der Waals surface area contributed by atoms with Crippen LogP contribution in [0.2, 0.25) is 0 Å². The summed E-state index contributed by atoms with van der Waals surface area (Å²) in [6.07, 6.45) is 4.64. The quantitative estimate of drug-likeness (QED) is 0.672. The molecule has 0 spiro atoms. The van der Waals surface area contributed by atoms with Crippen molar-refractivity contribution in [1.82, 2.24) is 35.2 Å². The van der Waals surface area contributed by atoms with E-state index in [0.717, 1.165) is 18.0 Å². The zero-order valence-electron chi connectivity index (χ0n) is 12.4. The molecule has 23 heavy (non-hydrogen) atoms. The van der Waals surface area contributed by atoms with Gasteiger partial charge in [-0.2, -0.15) is 4.68 Å². The number of rotatable bonds is 4. The van der Waals surface area contributed by atoms with Gasteiger partial charge in [0.05, 0.1) is 17.3 Å². The zero-order valence-corrected chi connectivity index (χ0v) is 13.2. The summed E-state index contributed by atoms with van der Waals surface area (Å²) in [5.41, 5.74) is 0.456. The summed E-state index contributed by atoms with van der Waals surface area (Å²) in [4.78, 5) is 12.4. The van der Waals surface area contributed by atoms with Crippen LogP contribution in [0.25, 0.3) is 10.9 Å². The first-order valence-electron chi connectivity index (χ1n) is 7.56. The predicted octanol–water partition coefficient (Wildman–Crippen LogP) is 1.64. The van der Waals surface area contributed by atoms with Crippen molar-refractivity contribution in [3.63, 3.8) is 0 Å². The van der Waals surface area contributed by atoms with Gasteiger partial charge in [-0.05, 0) is 35.4 Å². The molecule has 0 atom stereocenters. The third-order valence-corrected chi connectivity index (χ3v) is 4.98. The van der Waals surface area contributed by atoms with E-state index in [-0.39, 0.29) is 5.56 Å².